The number of hydrogen-bond acceptors (Lipinski definition) is 0. The minimum atomic E-state index is 0.594. The summed E-state index contributed by atoms with van der Waals surface area (Å²) in [5.74, 6) is 0.594. The van der Waals surface area contributed by atoms with E-state index in [1.54, 1.807) is 0 Å². The van der Waals surface area contributed by atoms with Crippen molar-refractivity contribution in [1.29, 1.82) is 0 Å². The minimum absolute atomic E-state index is 0.594. The normalized spacial score (nSPS) is 12.1. The Morgan fingerprint density at radius 1 is 1.05 bits per heavy atom. The van der Waals surface area contributed by atoms with Gasteiger partial charge in [0.2, 0.25) is 0 Å². The zero-order valence-corrected chi connectivity index (χ0v) is 13.3. The lowest BCUT2D eigenvalue weighted by atomic mass is 10.0. The Balaban J connectivity index is 0.00000154. The number of hydrogen-bond donors (Lipinski definition) is 0. The van der Waals surface area contributed by atoms with Crippen LogP contribution in [0.3, 0.4) is 0 Å². The zero-order chi connectivity index (χ0) is 14.7. The minimum Gasteiger partial charge on any atom is -0.0870 e. The third kappa shape index (κ3) is 7.46. The average molecular weight is 256 g/mol. The topological polar surface area (TPSA) is 0 Å². The van der Waals surface area contributed by atoms with Gasteiger partial charge >= 0.3 is 0 Å². The third-order valence-electron chi connectivity index (χ3n) is 2.50. The van der Waals surface area contributed by atoms with Crippen LogP contribution in [0.2, 0.25) is 0 Å². The Labute approximate surface area is 119 Å². The largest absolute Gasteiger partial charge is 0.0870 e. The van der Waals surface area contributed by atoms with Crippen molar-refractivity contribution in [2.75, 3.05) is 0 Å². The lowest BCUT2D eigenvalue weighted by Gasteiger charge is -2.02. The molecular formula is C19H28. The summed E-state index contributed by atoms with van der Waals surface area (Å²) in [6, 6.07) is 8.65. The Hall–Kier alpha value is -1.56. The van der Waals surface area contributed by atoms with Crippen molar-refractivity contribution in [2.24, 2.45) is 5.92 Å². The molecule has 0 aliphatic carbocycles. The van der Waals surface area contributed by atoms with E-state index in [4.69, 9.17) is 0 Å². The third-order valence-corrected chi connectivity index (χ3v) is 2.50. The average Bonchev–Trinajstić information content (AvgIpc) is 2.41. The van der Waals surface area contributed by atoms with Crippen LogP contribution in [0.1, 0.15) is 45.7 Å². The molecule has 0 aliphatic heterocycles. The summed E-state index contributed by atoms with van der Waals surface area (Å²) in [4.78, 5) is 0. The highest BCUT2D eigenvalue weighted by atomic mass is 14.0. The second-order valence-electron chi connectivity index (χ2n) is 4.62. The van der Waals surface area contributed by atoms with Crippen LogP contribution in [-0.2, 0) is 0 Å². The van der Waals surface area contributed by atoms with E-state index in [0.717, 1.165) is 0 Å². The van der Waals surface area contributed by atoms with Gasteiger partial charge in [-0.25, -0.2) is 0 Å². The molecule has 0 spiro atoms. The molecule has 1 aromatic rings. The SMILES string of the molecule is CC.C\C=C/C(=C\C=C\C(C)C)c1ccc(C)cc1. The molecule has 19 heavy (non-hydrogen) atoms. The molecule has 0 radical (unpaired) electrons. The molecule has 0 saturated carbocycles. The Bertz CT molecular complexity index is 414. The fourth-order valence-corrected chi connectivity index (χ4v) is 1.56. The Morgan fingerprint density at radius 3 is 2.11 bits per heavy atom. The van der Waals surface area contributed by atoms with Gasteiger partial charge in [-0.2, -0.15) is 0 Å². The van der Waals surface area contributed by atoms with Crippen molar-refractivity contribution >= 4 is 5.57 Å². The first kappa shape index (κ1) is 17.4. The van der Waals surface area contributed by atoms with Crippen LogP contribution < -0.4 is 0 Å². The van der Waals surface area contributed by atoms with Gasteiger partial charge in [0.25, 0.3) is 0 Å². The summed E-state index contributed by atoms with van der Waals surface area (Å²) >= 11 is 0. The van der Waals surface area contributed by atoms with Gasteiger partial charge in [0.15, 0.2) is 0 Å². The van der Waals surface area contributed by atoms with Crippen LogP contribution in [0.15, 0.2) is 54.6 Å². The number of rotatable bonds is 4. The van der Waals surface area contributed by atoms with E-state index in [-0.39, 0.29) is 0 Å². The molecule has 1 rings (SSSR count). The maximum atomic E-state index is 2.21. The van der Waals surface area contributed by atoms with E-state index in [9.17, 15) is 0 Å². The summed E-state index contributed by atoms with van der Waals surface area (Å²) in [6.45, 7) is 12.5. The monoisotopic (exact) mass is 256 g/mol. The van der Waals surface area contributed by atoms with Gasteiger partial charge in [0, 0.05) is 0 Å². The van der Waals surface area contributed by atoms with Gasteiger partial charge in [-0.1, -0.05) is 87.9 Å². The standard InChI is InChI=1S/C17H22.C2H6/c1-5-7-16(9-6-8-14(2)3)17-12-10-15(4)11-13-17;1-2/h5-14H,1-4H3;1-2H3/b7-5-,8-6+,16-9+;. The van der Waals surface area contributed by atoms with Crippen molar-refractivity contribution in [1.82, 2.24) is 0 Å². The molecule has 0 heteroatoms. The predicted molar refractivity (Wildman–Crippen MR) is 89.3 cm³/mol. The molecule has 0 amide bonds. The zero-order valence-electron chi connectivity index (χ0n) is 13.3. The molecule has 0 heterocycles. The maximum Gasteiger partial charge on any atom is -0.0184 e. The summed E-state index contributed by atoms with van der Waals surface area (Å²) in [5, 5.41) is 0. The first-order valence-electron chi connectivity index (χ1n) is 7.21. The molecule has 0 nitrogen and oxygen atoms in total. The second-order valence-corrected chi connectivity index (χ2v) is 4.62. The van der Waals surface area contributed by atoms with Gasteiger partial charge in [-0.15, -0.1) is 0 Å². The molecule has 0 bridgehead atoms. The quantitative estimate of drug-likeness (QED) is 0.563. The van der Waals surface area contributed by atoms with Crippen LogP contribution in [0.5, 0.6) is 0 Å². The van der Waals surface area contributed by atoms with Crippen molar-refractivity contribution in [2.45, 2.75) is 41.5 Å². The first-order chi connectivity index (χ1) is 9.13. The fraction of sp³-hybridized carbons (Fsp3) is 0.368. The number of benzene rings is 1. The van der Waals surface area contributed by atoms with E-state index in [2.05, 4.69) is 75.4 Å². The summed E-state index contributed by atoms with van der Waals surface area (Å²) < 4.78 is 0. The van der Waals surface area contributed by atoms with Gasteiger partial charge < -0.3 is 0 Å². The van der Waals surface area contributed by atoms with Crippen molar-refractivity contribution in [3.05, 3.63) is 65.8 Å². The van der Waals surface area contributed by atoms with Crippen LogP contribution in [0.4, 0.5) is 0 Å². The van der Waals surface area contributed by atoms with Gasteiger partial charge in [0.05, 0.1) is 0 Å². The lowest BCUT2D eigenvalue weighted by molar-refractivity contribution is 0.832. The second kappa shape index (κ2) is 10.4. The van der Waals surface area contributed by atoms with E-state index in [1.165, 1.54) is 16.7 Å². The Morgan fingerprint density at radius 2 is 1.63 bits per heavy atom. The summed E-state index contributed by atoms with van der Waals surface area (Å²) in [7, 11) is 0. The van der Waals surface area contributed by atoms with E-state index >= 15 is 0 Å². The number of allylic oxidation sites excluding steroid dienone is 6. The van der Waals surface area contributed by atoms with Crippen LogP contribution in [0, 0.1) is 12.8 Å². The predicted octanol–water partition coefficient (Wildman–Crippen LogP) is 6.19. The van der Waals surface area contributed by atoms with Crippen molar-refractivity contribution in [3.63, 3.8) is 0 Å². The molecule has 0 saturated heterocycles. The van der Waals surface area contributed by atoms with Gasteiger partial charge in [-0.3, -0.25) is 0 Å². The highest BCUT2D eigenvalue weighted by molar-refractivity contribution is 5.75. The van der Waals surface area contributed by atoms with Gasteiger partial charge in [0.1, 0.15) is 0 Å². The van der Waals surface area contributed by atoms with E-state index in [0.29, 0.717) is 5.92 Å². The van der Waals surface area contributed by atoms with Crippen LogP contribution in [-0.4, -0.2) is 0 Å². The maximum absolute atomic E-state index is 2.21. The molecule has 104 valence electrons. The molecule has 0 aliphatic rings. The molecule has 0 unspecified atom stereocenters. The Kier molecular flexibility index (Phi) is 9.52. The van der Waals surface area contributed by atoms with Gasteiger partial charge in [-0.05, 0) is 30.9 Å². The summed E-state index contributed by atoms with van der Waals surface area (Å²) in [5.41, 5.74) is 3.82. The molecule has 0 atom stereocenters. The van der Waals surface area contributed by atoms with Crippen molar-refractivity contribution in [3.8, 4) is 0 Å². The molecule has 1 aromatic carbocycles. The molecule has 0 aromatic heterocycles. The molecule has 0 fully saturated rings. The van der Waals surface area contributed by atoms with Crippen LogP contribution >= 0.6 is 0 Å². The first-order valence-corrected chi connectivity index (χ1v) is 7.21. The van der Waals surface area contributed by atoms with Crippen molar-refractivity contribution < 1.29 is 0 Å². The number of aryl methyl sites for hydroxylation is 1. The molecule has 0 N–H and O–H groups in total. The highest BCUT2D eigenvalue weighted by Crippen LogP contribution is 2.17. The fourth-order valence-electron chi connectivity index (χ4n) is 1.56. The summed E-state index contributed by atoms with van der Waals surface area (Å²) in [6.07, 6.45) is 10.7. The molecular weight excluding hydrogens is 228 g/mol. The lowest BCUT2D eigenvalue weighted by Crippen LogP contribution is -1.82. The van der Waals surface area contributed by atoms with E-state index in [1.807, 2.05) is 20.8 Å². The van der Waals surface area contributed by atoms with Crippen LogP contribution in [0.25, 0.3) is 5.57 Å². The smallest absolute Gasteiger partial charge is 0.0184 e. The highest BCUT2D eigenvalue weighted by Gasteiger charge is 1.95. The van der Waals surface area contributed by atoms with E-state index < -0.39 is 0 Å².